The second-order valence-electron chi connectivity index (χ2n) is 4.80. The Morgan fingerprint density at radius 1 is 1.53 bits per heavy atom. The van der Waals surface area contributed by atoms with E-state index in [2.05, 4.69) is 17.2 Å². The molecule has 1 aromatic rings. The van der Waals surface area contributed by atoms with Gasteiger partial charge in [0.2, 0.25) is 0 Å². The van der Waals surface area contributed by atoms with Crippen molar-refractivity contribution in [1.29, 1.82) is 0 Å². The molecule has 0 radical (unpaired) electrons. The minimum atomic E-state index is -0.272. The molecule has 1 aromatic heterocycles. The first-order valence-corrected chi connectivity index (χ1v) is 6.14. The van der Waals surface area contributed by atoms with Crippen LogP contribution in [-0.2, 0) is 0 Å². The molecule has 1 saturated carbocycles. The first kappa shape index (κ1) is 11.9. The van der Waals surface area contributed by atoms with Gasteiger partial charge in [0.15, 0.2) is 5.43 Å². The molecule has 0 saturated heterocycles. The number of nitrogens with one attached hydrogen (secondary N) is 2. The van der Waals surface area contributed by atoms with E-state index in [1.165, 1.54) is 37.7 Å². The van der Waals surface area contributed by atoms with E-state index in [4.69, 9.17) is 0 Å². The first-order chi connectivity index (χ1) is 8.18. The Morgan fingerprint density at radius 3 is 3.00 bits per heavy atom. The van der Waals surface area contributed by atoms with Crippen molar-refractivity contribution in [2.24, 2.45) is 11.8 Å². The molecule has 4 nitrogen and oxygen atoms in total. The van der Waals surface area contributed by atoms with Gasteiger partial charge in [0.25, 0.3) is 5.91 Å². The number of amides is 1. The highest BCUT2D eigenvalue weighted by molar-refractivity contribution is 5.93. The molecule has 2 rings (SSSR count). The van der Waals surface area contributed by atoms with E-state index in [1.54, 1.807) is 0 Å². The number of hydrogen-bond acceptors (Lipinski definition) is 2. The summed E-state index contributed by atoms with van der Waals surface area (Å²) in [6.45, 7) is 2.90. The maximum absolute atomic E-state index is 11.8. The second-order valence-corrected chi connectivity index (χ2v) is 4.80. The summed E-state index contributed by atoms with van der Waals surface area (Å²) >= 11 is 0. The second kappa shape index (κ2) is 5.17. The van der Waals surface area contributed by atoms with Crippen molar-refractivity contribution < 1.29 is 4.79 Å². The van der Waals surface area contributed by atoms with Crippen molar-refractivity contribution in [2.45, 2.75) is 26.2 Å². The Kier molecular flexibility index (Phi) is 3.61. The van der Waals surface area contributed by atoms with Gasteiger partial charge in [-0.25, -0.2) is 0 Å². The summed E-state index contributed by atoms with van der Waals surface area (Å²) in [6.07, 6.45) is 6.64. The zero-order valence-electron chi connectivity index (χ0n) is 10.0. The minimum absolute atomic E-state index is 0.193. The lowest BCUT2D eigenvalue weighted by molar-refractivity contribution is 0.0943. The van der Waals surface area contributed by atoms with Crippen LogP contribution >= 0.6 is 0 Å². The predicted octanol–water partition coefficient (Wildman–Crippen LogP) is 1.54. The molecule has 0 bridgehead atoms. The smallest absolute Gasteiger partial charge is 0.256 e. The summed E-state index contributed by atoms with van der Waals surface area (Å²) in [5, 5.41) is 2.85. The van der Waals surface area contributed by atoms with Crippen molar-refractivity contribution >= 4 is 5.91 Å². The standard InChI is InChI=1S/C13H18N2O2/c1-9-3-2-4-10(9)7-15-13(17)11-8-14-6-5-12(11)16/h5-6,8-10H,2-4,7H2,1H3,(H,14,16)(H,15,17). The van der Waals surface area contributed by atoms with E-state index < -0.39 is 0 Å². The number of H-pyrrole nitrogens is 1. The molecule has 0 spiro atoms. The summed E-state index contributed by atoms with van der Waals surface area (Å²) in [5.74, 6) is 0.956. The molecule has 1 fully saturated rings. The number of carbonyl (C=O) groups is 1. The minimum Gasteiger partial charge on any atom is -0.367 e. The largest absolute Gasteiger partial charge is 0.367 e. The van der Waals surface area contributed by atoms with Crippen LogP contribution in [0.15, 0.2) is 23.3 Å². The first-order valence-electron chi connectivity index (χ1n) is 6.14. The van der Waals surface area contributed by atoms with Gasteiger partial charge in [0.1, 0.15) is 5.56 Å². The molecule has 1 amide bonds. The Hall–Kier alpha value is -1.58. The maximum Gasteiger partial charge on any atom is 0.256 e. The molecular weight excluding hydrogens is 216 g/mol. The highest BCUT2D eigenvalue weighted by Gasteiger charge is 2.23. The Labute approximate surface area is 100 Å². The van der Waals surface area contributed by atoms with Gasteiger partial charge in [-0.1, -0.05) is 19.8 Å². The third-order valence-electron chi connectivity index (χ3n) is 3.63. The van der Waals surface area contributed by atoms with Crippen LogP contribution in [0.4, 0.5) is 0 Å². The summed E-state index contributed by atoms with van der Waals surface area (Å²) in [7, 11) is 0. The number of aromatic nitrogens is 1. The molecule has 2 unspecified atom stereocenters. The van der Waals surface area contributed by atoms with Crippen LogP contribution in [0.2, 0.25) is 0 Å². The van der Waals surface area contributed by atoms with Gasteiger partial charge in [0.05, 0.1) is 0 Å². The van der Waals surface area contributed by atoms with Crippen molar-refractivity contribution in [2.75, 3.05) is 6.54 Å². The zero-order valence-corrected chi connectivity index (χ0v) is 10.0. The fourth-order valence-electron chi connectivity index (χ4n) is 2.44. The molecule has 2 atom stereocenters. The molecule has 17 heavy (non-hydrogen) atoms. The summed E-state index contributed by atoms with van der Waals surface area (Å²) in [4.78, 5) is 26.0. The predicted molar refractivity (Wildman–Crippen MR) is 65.9 cm³/mol. The van der Waals surface area contributed by atoms with Crippen LogP contribution in [-0.4, -0.2) is 17.4 Å². The van der Waals surface area contributed by atoms with Gasteiger partial charge in [-0.05, 0) is 18.3 Å². The van der Waals surface area contributed by atoms with Gasteiger partial charge in [0, 0.05) is 25.0 Å². The lowest BCUT2D eigenvalue weighted by Gasteiger charge is -2.15. The van der Waals surface area contributed by atoms with Crippen LogP contribution in [0, 0.1) is 11.8 Å². The lowest BCUT2D eigenvalue weighted by Crippen LogP contribution is -2.33. The normalized spacial score (nSPS) is 23.6. The van der Waals surface area contributed by atoms with E-state index >= 15 is 0 Å². The molecule has 2 N–H and O–H groups in total. The highest BCUT2D eigenvalue weighted by Crippen LogP contribution is 2.30. The number of pyridine rings is 1. The average Bonchev–Trinajstić information content (AvgIpc) is 2.72. The van der Waals surface area contributed by atoms with Gasteiger partial charge in [-0.2, -0.15) is 0 Å². The number of aromatic amines is 1. The van der Waals surface area contributed by atoms with Gasteiger partial charge < -0.3 is 10.3 Å². The third-order valence-corrected chi connectivity index (χ3v) is 3.63. The molecule has 1 heterocycles. The van der Waals surface area contributed by atoms with E-state index in [-0.39, 0.29) is 16.9 Å². The van der Waals surface area contributed by atoms with Crippen molar-refractivity contribution in [3.8, 4) is 0 Å². The Balaban J connectivity index is 1.94. The summed E-state index contributed by atoms with van der Waals surface area (Å²) in [6, 6.07) is 1.37. The molecule has 4 heteroatoms. The Morgan fingerprint density at radius 2 is 2.35 bits per heavy atom. The van der Waals surface area contributed by atoms with Crippen molar-refractivity contribution in [3.05, 3.63) is 34.2 Å². The molecule has 92 valence electrons. The van der Waals surface area contributed by atoms with Gasteiger partial charge in [-0.3, -0.25) is 9.59 Å². The number of hydrogen-bond donors (Lipinski definition) is 2. The van der Waals surface area contributed by atoms with E-state index in [1.807, 2.05) is 0 Å². The topological polar surface area (TPSA) is 62.0 Å². The zero-order chi connectivity index (χ0) is 12.3. The van der Waals surface area contributed by atoms with Crippen LogP contribution in [0.3, 0.4) is 0 Å². The van der Waals surface area contributed by atoms with Gasteiger partial charge >= 0.3 is 0 Å². The molecule has 1 aliphatic carbocycles. The van der Waals surface area contributed by atoms with Gasteiger partial charge in [-0.15, -0.1) is 0 Å². The molecular formula is C13H18N2O2. The quantitative estimate of drug-likeness (QED) is 0.833. The maximum atomic E-state index is 11.8. The fourth-order valence-corrected chi connectivity index (χ4v) is 2.44. The van der Waals surface area contributed by atoms with Crippen LogP contribution in [0.25, 0.3) is 0 Å². The summed E-state index contributed by atoms with van der Waals surface area (Å²) in [5.41, 5.74) is -0.0427. The molecule has 0 aromatic carbocycles. The molecule has 0 aliphatic heterocycles. The van der Waals surface area contributed by atoms with Crippen LogP contribution in [0.1, 0.15) is 36.5 Å². The lowest BCUT2D eigenvalue weighted by atomic mass is 9.98. The third kappa shape index (κ3) is 2.75. The monoisotopic (exact) mass is 234 g/mol. The van der Waals surface area contributed by atoms with E-state index in [0.29, 0.717) is 18.4 Å². The number of rotatable bonds is 3. The summed E-state index contributed by atoms with van der Waals surface area (Å²) < 4.78 is 0. The average molecular weight is 234 g/mol. The van der Waals surface area contributed by atoms with E-state index in [9.17, 15) is 9.59 Å². The van der Waals surface area contributed by atoms with Crippen molar-refractivity contribution in [1.82, 2.24) is 10.3 Å². The van der Waals surface area contributed by atoms with Crippen molar-refractivity contribution in [3.63, 3.8) is 0 Å². The SMILES string of the molecule is CC1CCCC1CNC(=O)c1c[nH]ccc1=O. The Bertz CT molecular complexity index is 453. The van der Waals surface area contributed by atoms with Crippen LogP contribution < -0.4 is 10.7 Å². The highest BCUT2D eigenvalue weighted by atomic mass is 16.2. The van der Waals surface area contributed by atoms with E-state index in [0.717, 1.165) is 0 Å². The fraction of sp³-hybridized carbons (Fsp3) is 0.538. The molecule has 1 aliphatic rings. The number of carbonyl (C=O) groups excluding carboxylic acids is 1. The van der Waals surface area contributed by atoms with Crippen LogP contribution in [0.5, 0.6) is 0 Å².